The van der Waals surface area contributed by atoms with Crippen LogP contribution in [0.4, 0.5) is 0 Å². The zero-order valence-corrected chi connectivity index (χ0v) is 17.5. The van der Waals surface area contributed by atoms with Gasteiger partial charge in [-0.25, -0.2) is 0 Å². The summed E-state index contributed by atoms with van der Waals surface area (Å²) in [6, 6.07) is 20.2. The molecule has 0 aromatic heterocycles. The number of rotatable bonds is 12. The number of ether oxygens (including phenoxy) is 2. The molecule has 0 saturated heterocycles. The lowest BCUT2D eigenvalue weighted by Crippen LogP contribution is -2.46. The Morgan fingerprint density at radius 2 is 1.41 bits per heavy atom. The SMILES string of the molecule is CCCCCCN[C@@H]1[C@@H](O)[C@@H](OCc2ccccc2)C[C@H]1OCc1ccccc1. The van der Waals surface area contributed by atoms with Crippen molar-refractivity contribution in [3.63, 3.8) is 0 Å². The highest BCUT2D eigenvalue weighted by Gasteiger charge is 2.43. The Morgan fingerprint density at radius 3 is 2.00 bits per heavy atom. The van der Waals surface area contributed by atoms with Gasteiger partial charge in [-0.2, -0.15) is 0 Å². The van der Waals surface area contributed by atoms with Gasteiger partial charge in [0.25, 0.3) is 0 Å². The van der Waals surface area contributed by atoms with E-state index in [4.69, 9.17) is 9.47 Å². The van der Waals surface area contributed by atoms with Crippen LogP contribution in [-0.2, 0) is 22.7 Å². The number of aliphatic hydroxyl groups is 1. The third kappa shape index (κ3) is 6.93. The van der Waals surface area contributed by atoms with Crippen molar-refractivity contribution in [2.24, 2.45) is 0 Å². The van der Waals surface area contributed by atoms with Gasteiger partial charge in [0.2, 0.25) is 0 Å². The Hall–Kier alpha value is -1.72. The van der Waals surface area contributed by atoms with E-state index in [0.717, 1.165) is 24.1 Å². The molecule has 0 radical (unpaired) electrons. The van der Waals surface area contributed by atoms with Crippen LogP contribution in [0.1, 0.15) is 50.2 Å². The number of nitrogens with one attached hydrogen (secondary N) is 1. The summed E-state index contributed by atoms with van der Waals surface area (Å²) < 4.78 is 12.3. The molecule has 2 N–H and O–H groups in total. The maximum Gasteiger partial charge on any atom is 0.0980 e. The Balaban J connectivity index is 1.55. The largest absolute Gasteiger partial charge is 0.389 e. The van der Waals surface area contributed by atoms with E-state index < -0.39 is 6.10 Å². The van der Waals surface area contributed by atoms with Gasteiger partial charge in [-0.3, -0.25) is 0 Å². The number of hydrogen-bond donors (Lipinski definition) is 2. The fourth-order valence-electron chi connectivity index (χ4n) is 3.93. The van der Waals surface area contributed by atoms with E-state index in [2.05, 4.69) is 24.4 Å². The molecule has 4 atom stereocenters. The number of benzene rings is 2. The molecular weight excluding hydrogens is 362 g/mol. The van der Waals surface area contributed by atoms with Crippen molar-refractivity contribution in [1.29, 1.82) is 0 Å². The highest BCUT2D eigenvalue weighted by molar-refractivity contribution is 5.14. The minimum atomic E-state index is -0.564. The van der Waals surface area contributed by atoms with Crippen LogP contribution in [-0.4, -0.2) is 36.0 Å². The average Bonchev–Trinajstić information content (AvgIpc) is 3.07. The second-order valence-electron chi connectivity index (χ2n) is 7.94. The molecule has 4 nitrogen and oxygen atoms in total. The lowest BCUT2D eigenvalue weighted by Gasteiger charge is -2.24. The van der Waals surface area contributed by atoms with Crippen LogP contribution in [0.15, 0.2) is 60.7 Å². The summed E-state index contributed by atoms with van der Waals surface area (Å²) in [5, 5.41) is 14.5. The van der Waals surface area contributed by atoms with Gasteiger partial charge in [0.05, 0.1) is 37.6 Å². The first kappa shape index (κ1) is 22.0. The lowest BCUT2D eigenvalue weighted by molar-refractivity contribution is -0.0344. The maximum absolute atomic E-state index is 10.9. The monoisotopic (exact) mass is 397 g/mol. The Labute approximate surface area is 175 Å². The number of hydrogen-bond acceptors (Lipinski definition) is 4. The Bertz CT molecular complexity index is 679. The predicted molar refractivity (Wildman–Crippen MR) is 117 cm³/mol. The van der Waals surface area contributed by atoms with Gasteiger partial charge in [-0.1, -0.05) is 86.8 Å². The number of aliphatic hydroxyl groups excluding tert-OH is 1. The van der Waals surface area contributed by atoms with Crippen LogP contribution in [0.25, 0.3) is 0 Å². The molecule has 1 aliphatic carbocycles. The third-order valence-electron chi connectivity index (χ3n) is 5.64. The molecule has 4 heteroatoms. The Morgan fingerprint density at radius 1 is 0.828 bits per heavy atom. The molecule has 0 unspecified atom stereocenters. The second-order valence-corrected chi connectivity index (χ2v) is 7.94. The van der Waals surface area contributed by atoms with Crippen LogP contribution >= 0.6 is 0 Å². The van der Waals surface area contributed by atoms with E-state index >= 15 is 0 Å². The normalized spacial score (nSPS) is 24.1. The van der Waals surface area contributed by atoms with E-state index in [1.807, 2.05) is 48.5 Å². The molecule has 0 aliphatic heterocycles. The summed E-state index contributed by atoms with van der Waals surface area (Å²) in [7, 11) is 0. The summed E-state index contributed by atoms with van der Waals surface area (Å²) >= 11 is 0. The van der Waals surface area contributed by atoms with Gasteiger partial charge >= 0.3 is 0 Å². The molecule has 1 saturated carbocycles. The minimum absolute atomic E-state index is 0.0582. The first-order valence-corrected chi connectivity index (χ1v) is 11.0. The molecule has 0 spiro atoms. The first-order valence-electron chi connectivity index (χ1n) is 11.0. The van der Waals surface area contributed by atoms with Crippen molar-refractivity contribution < 1.29 is 14.6 Å². The summed E-state index contributed by atoms with van der Waals surface area (Å²) in [5.74, 6) is 0. The average molecular weight is 398 g/mol. The zero-order valence-electron chi connectivity index (χ0n) is 17.5. The van der Waals surface area contributed by atoms with Gasteiger partial charge in [0.15, 0.2) is 0 Å². The minimum Gasteiger partial charge on any atom is -0.389 e. The summed E-state index contributed by atoms with van der Waals surface area (Å²) in [6.45, 7) is 4.18. The smallest absolute Gasteiger partial charge is 0.0980 e. The maximum atomic E-state index is 10.9. The molecule has 0 heterocycles. The van der Waals surface area contributed by atoms with Crippen molar-refractivity contribution >= 4 is 0 Å². The molecule has 1 aliphatic rings. The highest BCUT2D eigenvalue weighted by Crippen LogP contribution is 2.28. The van der Waals surface area contributed by atoms with Crippen LogP contribution in [0, 0.1) is 0 Å². The fraction of sp³-hybridized carbons (Fsp3) is 0.520. The lowest BCUT2D eigenvalue weighted by atomic mass is 10.1. The van der Waals surface area contributed by atoms with E-state index in [-0.39, 0.29) is 18.2 Å². The highest BCUT2D eigenvalue weighted by atomic mass is 16.5. The van der Waals surface area contributed by atoms with Crippen LogP contribution in [0.3, 0.4) is 0 Å². The number of unbranched alkanes of at least 4 members (excludes halogenated alkanes) is 3. The molecule has 29 heavy (non-hydrogen) atoms. The van der Waals surface area contributed by atoms with Gasteiger partial charge in [-0.15, -0.1) is 0 Å². The topological polar surface area (TPSA) is 50.7 Å². The van der Waals surface area contributed by atoms with Crippen LogP contribution in [0.2, 0.25) is 0 Å². The first-order chi connectivity index (χ1) is 14.3. The zero-order chi connectivity index (χ0) is 20.3. The van der Waals surface area contributed by atoms with Crippen LogP contribution < -0.4 is 5.32 Å². The molecule has 158 valence electrons. The molecular formula is C25H35NO3. The second kappa shape index (κ2) is 12.1. The van der Waals surface area contributed by atoms with Crippen molar-refractivity contribution in [2.75, 3.05) is 6.54 Å². The van der Waals surface area contributed by atoms with E-state index in [1.54, 1.807) is 0 Å². The summed E-state index contributed by atoms with van der Waals surface area (Å²) in [4.78, 5) is 0. The molecule has 0 amide bonds. The molecule has 1 fully saturated rings. The predicted octanol–water partition coefficient (Wildman–Crippen LogP) is 4.46. The van der Waals surface area contributed by atoms with Crippen molar-refractivity contribution in [2.45, 2.75) is 76.6 Å². The quantitative estimate of drug-likeness (QED) is 0.519. The molecule has 0 bridgehead atoms. The van der Waals surface area contributed by atoms with Crippen molar-refractivity contribution in [3.05, 3.63) is 71.8 Å². The van der Waals surface area contributed by atoms with E-state index in [9.17, 15) is 5.11 Å². The van der Waals surface area contributed by atoms with E-state index in [1.165, 1.54) is 19.3 Å². The fourth-order valence-corrected chi connectivity index (χ4v) is 3.93. The standard InChI is InChI=1S/C25H35NO3/c1-2-3-4-11-16-26-24-22(28-18-20-12-7-5-8-13-20)17-23(25(24)27)29-19-21-14-9-6-10-15-21/h5-10,12-15,22-27H,2-4,11,16-19H2,1H3/t22-,23+,24+,25+/m1/s1. The summed E-state index contributed by atoms with van der Waals surface area (Å²) in [6.07, 6.45) is 4.68. The van der Waals surface area contributed by atoms with Crippen LogP contribution in [0.5, 0.6) is 0 Å². The molecule has 2 aromatic carbocycles. The van der Waals surface area contributed by atoms with Gasteiger partial charge in [-0.05, 0) is 24.1 Å². The van der Waals surface area contributed by atoms with Gasteiger partial charge in [0, 0.05) is 6.42 Å². The van der Waals surface area contributed by atoms with Crippen molar-refractivity contribution in [3.8, 4) is 0 Å². The van der Waals surface area contributed by atoms with Crippen molar-refractivity contribution in [1.82, 2.24) is 5.32 Å². The Kier molecular flexibility index (Phi) is 9.16. The van der Waals surface area contributed by atoms with Gasteiger partial charge in [0.1, 0.15) is 0 Å². The molecule has 3 rings (SSSR count). The third-order valence-corrected chi connectivity index (χ3v) is 5.64. The summed E-state index contributed by atoms with van der Waals surface area (Å²) in [5.41, 5.74) is 2.27. The van der Waals surface area contributed by atoms with E-state index in [0.29, 0.717) is 19.6 Å². The molecule has 2 aromatic rings. The van der Waals surface area contributed by atoms with Gasteiger partial charge < -0.3 is 19.9 Å².